The standard InChI is InChI=1S/C12H17N3O2S.2ClH/c13-10(11(16)9-1-3-14-4-2-9)12(17)15-5-7-18-8-6-15;;/h1-4,10-11,16H,5-8,13H2;2*1H. The molecule has 5 nitrogen and oxygen atoms in total. The van der Waals surface area contributed by atoms with Crippen LogP contribution in [-0.2, 0) is 4.79 Å². The SMILES string of the molecule is Cl.Cl.NC(C(=O)N1CCSCC1)C(O)c1ccncc1. The number of thioether (sulfide) groups is 1. The van der Waals surface area contributed by atoms with Gasteiger partial charge in [0.05, 0.1) is 0 Å². The van der Waals surface area contributed by atoms with Crippen molar-refractivity contribution < 1.29 is 9.90 Å². The van der Waals surface area contributed by atoms with E-state index in [4.69, 9.17) is 5.73 Å². The quantitative estimate of drug-likeness (QED) is 0.853. The lowest BCUT2D eigenvalue weighted by Gasteiger charge is -2.30. The van der Waals surface area contributed by atoms with Crippen LogP contribution in [-0.4, -0.2) is 51.5 Å². The van der Waals surface area contributed by atoms with Crippen molar-refractivity contribution in [3.63, 3.8) is 0 Å². The maximum atomic E-state index is 12.1. The lowest BCUT2D eigenvalue weighted by molar-refractivity contribution is -0.134. The van der Waals surface area contributed by atoms with E-state index < -0.39 is 12.1 Å². The van der Waals surface area contributed by atoms with E-state index in [0.717, 1.165) is 11.5 Å². The van der Waals surface area contributed by atoms with E-state index in [1.54, 1.807) is 29.4 Å². The number of rotatable bonds is 3. The Morgan fingerprint density at radius 3 is 2.40 bits per heavy atom. The number of nitrogens with zero attached hydrogens (tertiary/aromatic N) is 2. The maximum absolute atomic E-state index is 12.1. The number of aliphatic hydroxyl groups excluding tert-OH is 1. The Bertz CT molecular complexity index is 405. The number of halogens is 2. The van der Waals surface area contributed by atoms with Gasteiger partial charge in [-0.05, 0) is 17.7 Å². The number of amides is 1. The molecule has 0 spiro atoms. The molecule has 1 aromatic rings. The molecule has 2 rings (SSSR count). The summed E-state index contributed by atoms with van der Waals surface area (Å²) in [5.74, 6) is 1.69. The van der Waals surface area contributed by atoms with Crippen molar-refractivity contribution in [2.75, 3.05) is 24.6 Å². The number of nitrogens with two attached hydrogens (primary N) is 1. The molecule has 1 fully saturated rings. The first-order valence-corrected chi connectivity index (χ1v) is 7.05. The molecule has 0 saturated carbocycles. The van der Waals surface area contributed by atoms with E-state index >= 15 is 0 Å². The summed E-state index contributed by atoms with van der Waals surface area (Å²) >= 11 is 1.83. The van der Waals surface area contributed by atoms with Gasteiger partial charge in [-0.1, -0.05) is 0 Å². The lowest BCUT2D eigenvalue weighted by Crippen LogP contribution is -2.49. The molecule has 1 aliphatic rings. The van der Waals surface area contributed by atoms with Crippen LogP contribution in [0.2, 0.25) is 0 Å². The van der Waals surface area contributed by atoms with Gasteiger partial charge in [-0.15, -0.1) is 24.8 Å². The second-order valence-corrected chi connectivity index (χ2v) is 5.41. The Balaban J connectivity index is 0.00000180. The van der Waals surface area contributed by atoms with Gasteiger partial charge in [-0.2, -0.15) is 11.8 Å². The van der Waals surface area contributed by atoms with Gasteiger partial charge < -0.3 is 15.7 Å². The topological polar surface area (TPSA) is 79.5 Å². The minimum absolute atomic E-state index is 0. The molecule has 0 radical (unpaired) electrons. The highest BCUT2D eigenvalue weighted by Crippen LogP contribution is 2.18. The first-order valence-electron chi connectivity index (χ1n) is 5.90. The molecule has 1 aromatic heterocycles. The lowest BCUT2D eigenvalue weighted by atomic mass is 10.0. The second-order valence-electron chi connectivity index (χ2n) is 4.19. The van der Waals surface area contributed by atoms with E-state index in [9.17, 15) is 9.90 Å². The van der Waals surface area contributed by atoms with Crippen LogP contribution in [0.4, 0.5) is 0 Å². The van der Waals surface area contributed by atoms with Crippen molar-refractivity contribution in [3.8, 4) is 0 Å². The molecule has 114 valence electrons. The normalized spacial score (nSPS) is 17.4. The smallest absolute Gasteiger partial charge is 0.242 e. The molecular weight excluding hydrogens is 321 g/mol. The van der Waals surface area contributed by atoms with Crippen LogP contribution in [0.5, 0.6) is 0 Å². The predicted octanol–water partition coefficient (Wildman–Crippen LogP) is 0.861. The van der Waals surface area contributed by atoms with E-state index in [1.807, 2.05) is 11.8 Å². The van der Waals surface area contributed by atoms with E-state index in [-0.39, 0.29) is 30.7 Å². The molecule has 2 heterocycles. The molecule has 20 heavy (non-hydrogen) atoms. The summed E-state index contributed by atoms with van der Waals surface area (Å²) in [6.45, 7) is 1.42. The monoisotopic (exact) mass is 339 g/mol. The van der Waals surface area contributed by atoms with Crippen molar-refractivity contribution in [1.29, 1.82) is 0 Å². The van der Waals surface area contributed by atoms with Crippen molar-refractivity contribution >= 4 is 42.5 Å². The minimum Gasteiger partial charge on any atom is -0.386 e. The molecule has 1 aliphatic heterocycles. The highest BCUT2D eigenvalue weighted by atomic mass is 35.5. The summed E-state index contributed by atoms with van der Waals surface area (Å²) in [7, 11) is 0. The summed E-state index contributed by atoms with van der Waals surface area (Å²) in [5.41, 5.74) is 6.48. The van der Waals surface area contributed by atoms with Crippen LogP contribution < -0.4 is 5.73 Å². The Morgan fingerprint density at radius 2 is 1.85 bits per heavy atom. The number of carbonyl (C=O) groups excluding carboxylic acids is 1. The first-order chi connectivity index (χ1) is 8.70. The zero-order valence-corrected chi connectivity index (χ0v) is 13.3. The maximum Gasteiger partial charge on any atom is 0.242 e. The zero-order valence-electron chi connectivity index (χ0n) is 10.8. The first kappa shape index (κ1) is 19.5. The molecule has 1 amide bonds. The number of hydrogen-bond donors (Lipinski definition) is 2. The van der Waals surface area contributed by atoms with Crippen LogP contribution in [0, 0.1) is 0 Å². The van der Waals surface area contributed by atoms with Gasteiger partial charge in [-0.3, -0.25) is 9.78 Å². The van der Waals surface area contributed by atoms with Gasteiger partial charge in [0.1, 0.15) is 12.1 Å². The van der Waals surface area contributed by atoms with Gasteiger partial charge in [0.15, 0.2) is 0 Å². The molecule has 8 heteroatoms. The second kappa shape index (κ2) is 9.41. The largest absolute Gasteiger partial charge is 0.386 e. The van der Waals surface area contributed by atoms with Crippen molar-refractivity contribution in [2.24, 2.45) is 5.73 Å². The molecule has 0 aromatic carbocycles. The van der Waals surface area contributed by atoms with Crippen molar-refractivity contribution in [3.05, 3.63) is 30.1 Å². The van der Waals surface area contributed by atoms with Crippen LogP contribution in [0.15, 0.2) is 24.5 Å². The number of aliphatic hydroxyl groups is 1. The Hall–Kier alpha value is -0.530. The van der Waals surface area contributed by atoms with E-state index in [2.05, 4.69) is 4.98 Å². The number of pyridine rings is 1. The number of hydrogen-bond acceptors (Lipinski definition) is 5. The Kier molecular flexibility index (Phi) is 9.16. The third-order valence-corrected chi connectivity index (χ3v) is 3.94. The highest BCUT2D eigenvalue weighted by Gasteiger charge is 2.29. The summed E-state index contributed by atoms with van der Waals surface area (Å²) < 4.78 is 0. The Morgan fingerprint density at radius 1 is 1.30 bits per heavy atom. The average molecular weight is 340 g/mol. The molecule has 3 N–H and O–H groups in total. The zero-order chi connectivity index (χ0) is 13.0. The third kappa shape index (κ3) is 4.79. The molecule has 1 saturated heterocycles. The third-order valence-electron chi connectivity index (χ3n) is 3.00. The van der Waals surface area contributed by atoms with Gasteiger partial charge in [0, 0.05) is 37.0 Å². The number of carbonyl (C=O) groups is 1. The van der Waals surface area contributed by atoms with Gasteiger partial charge in [0.2, 0.25) is 5.91 Å². The van der Waals surface area contributed by atoms with Gasteiger partial charge in [-0.25, -0.2) is 0 Å². The molecule has 0 aliphatic carbocycles. The molecule has 2 unspecified atom stereocenters. The van der Waals surface area contributed by atoms with E-state index in [1.165, 1.54) is 0 Å². The number of aromatic nitrogens is 1. The fourth-order valence-electron chi connectivity index (χ4n) is 1.90. The molecule has 2 atom stereocenters. The summed E-state index contributed by atoms with van der Waals surface area (Å²) in [6.07, 6.45) is 2.18. The summed E-state index contributed by atoms with van der Waals surface area (Å²) in [5, 5.41) is 10.1. The average Bonchev–Trinajstić information content (AvgIpc) is 2.47. The van der Waals surface area contributed by atoms with Crippen LogP contribution in [0.25, 0.3) is 0 Å². The summed E-state index contributed by atoms with van der Waals surface area (Å²) in [4.78, 5) is 17.7. The summed E-state index contributed by atoms with van der Waals surface area (Å²) in [6, 6.07) is 2.43. The van der Waals surface area contributed by atoms with E-state index in [0.29, 0.717) is 18.7 Å². The van der Waals surface area contributed by atoms with Crippen molar-refractivity contribution in [2.45, 2.75) is 12.1 Å². The molecule has 0 bridgehead atoms. The highest BCUT2D eigenvalue weighted by molar-refractivity contribution is 7.99. The van der Waals surface area contributed by atoms with Gasteiger partial charge >= 0.3 is 0 Å². The molecular formula is C12H19Cl2N3O2S. The predicted molar refractivity (Wildman–Crippen MR) is 85.6 cm³/mol. The van der Waals surface area contributed by atoms with Crippen molar-refractivity contribution in [1.82, 2.24) is 9.88 Å². The van der Waals surface area contributed by atoms with Crippen LogP contribution >= 0.6 is 36.6 Å². The fourth-order valence-corrected chi connectivity index (χ4v) is 2.80. The minimum atomic E-state index is -0.977. The van der Waals surface area contributed by atoms with Crippen LogP contribution in [0.1, 0.15) is 11.7 Å². The fraction of sp³-hybridized carbons (Fsp3) is 0.500. The van der Waals surface area contributed by atoms with Crippen LogP contribution in [0.3, 0.4) is 0 Å². The van der Waals surface area contributed by atoms with Gasteiger partial charge in [0.25, 0.3) is 0 Å². The Labute approximate surface area is 135 Å².